The summed E-state index contributed by atoms with van der Waals surface area (Å²) in [4.78, 5) is 28.6. The van der Waals surface area contributed by atoms with Gasteiger partial charge in [0, 0.05) is 37.3 Å². The Morgan fingerprint density at radius 1 is 0.815 bits per heavy atom. The van der Waals surface area contributed by atoms with Crippen molar-refractivity contribution in [2.24, 2.45) is 11.8 Å². The van der Waals surface area contributed by atoms with Gasteiger partial charge < -0.3 is 10.6 Å². The van der Waals surface area contributed by atoms with Gasteiger partial charge in [-0.25, -0.2) is 4.39 Å². The van der Waals surface area contributed by atoms with E-state index in [0.29, 0.717) is 25.9 Å². The van der Waals surface area contributed by atoms with Crippen LogP contribution in [0, 0.1) is 17.7 Å². The number of nitrogens with zero attached hydrogens (tertiary/aromatic N) is 1. The fraction of sp³-hybridized carbons (Fsp3) is 0.381. The van der Waals surface area contributed by atoms with Gasteiger partial charge in [0.25, 0.3) is 0 Å². The highest BCUT2D eigenvalue weighted by molar-refractivity contribution is 5.81. The third-order valence-corrected chi connectivity index (χ3v) is 5.06. The second-order valence-electron chi connectivity index (χ2n) is 6.97. The zero-order valence-corrected chi connectivity index (χ0v) is 15.2. The van der Waals surface area contributed by atoms with Crippen LogP contribution in [0.5, 0.6) is 0 Å². The van der Waals surface area contributed by atoms with E-state index in [1.807, 2.05) is 12.1 Å². The van der Waals surface area contributed by atoms with Crippen LogP contribution in [0.3, 0.4) is 0 Å². The molecule has 0 bridgehead atoms. The van der Waals surface area contributed by atoms with Gasteiger partial charge in [-0.3, -0.25) is 14.6 Å². The average Bonchev–Trinajstić information content (AvgIpc) is 2.72. The van der Waals surface area contributed by atoms with E-state index >= 15 is 0 Å². The maximum absolute atomic E-state index is 12.9. The number of rotatable bonds is 6. The molecular formula is C21H24FN3O2. The van der Waals surface area contributed by atoms with Crippen molar-refractivity contribution in [3.8, 4) is 0 Å². The molecule has 1 fully saturated rings. The van der Waals surface area contributed by atoms with Crippen molar-refractivity contribution < 1.29 is 14.0 Å². The van der Waals surface area contributed by atoms with Gasteiger partial charge in [0.1, 0.15) is 5.82 Å². The van der Waals surface area contributed by atoms with E-state index < -0.39 is 0 Å². The predicted molar refractivity (Wildman–Crippen MR) is 99.8 cm³/mol. The minimum absolute atomic E-state index is 0.00923. The summed E-state index contributed by atoms with van der Waals surface area (Å²) in [6.45, 7) is 0.894. The van der Waals surface area contributed by atoms with Gasteiger partial charge in [-0.1, -0.05) is 12.1 Å². The van der Waals surface area contributed by atoms with E-state index in [2.05, 4.69) is 15.6 Å². The first kappa shape index (κ1) is 19.0. The summed E-state index contributed by atoms with van der Waals surface area (Å²) in [6, 6.07) is 9.86. The lowest BCUT2D eigenvalue weighted by Gasteiger charge is -2.27. The molecule has 1 aromatic heterocycles. The summed E-state index contributed by atoms with van der Waals surface area (Å²) in [6.07, 6.45) is 6.27. The molecule has 27 heavy (non-hydrogen) atoms. The molecule has 3 rings (SSSR count). The van der Waals surface area contributed by atoms with Crippen LogP contribution in [0.1, 0.15) is 36.8 Å². The molecule has 1 saturated carbocycles. The van der Waals surface area contributed by atoms with E-state index in [0.717, 1.165) is 24.0 Å². The van der Waals surface area contributed by atoms with Crippen LogP contribution < -0.4 is 10.6 Å². The molecule has 1 aliphatic rings. The Hall–Kier alpha value is -2.76. The van der Waals surface area contributed by atoms with Crippen molar-refractivity contribution in [3.05, 3.63) is 65.7 Å². The molecule has 0 radical (unpaired) electrons. The summed E-state index contributed by atoms with van der Waals surface area (Å²) in [5.74, 6) is -0.319. The maximum atomic E-state index is 12.9. The van der Waals surface area contributed by atoms with Gasteiger partial charge in [0.15, 0.2) is 0 Å². The number of benzene rings is 1. The molecule has 1 heterocycles. The number of carbonyl (C=O) groups is 2. The molecule has 2 amide bonds. The summed E-state index contributed by atoms with van der Waals surface area (Å²) in [5, 5.41) is 5.88. The third-order valence-electron chi connectivity index (χ3n) is 5.06. The molecule has 5 nitrogen and oxygen atoms in total. The lowest BCUT2D eigenvalue weighted by Crippen LogP contribution is -2.37. The highest BCUT2D eigenvalue weighted by atomic mass is 19.1. The normalized spacial score (nSPS) is 19.3. The topological polar surface area (TPSA) is 71.1 Å². The third kappa shape index (κ3) is 5.61. The maximum Gasteiger partial charge on any atom is 0.223 e. The first-order valence-electron chi connectivity index (χ1n) is 9.30. The van der Waals surface area contributed by atoms with Crippen molar-refractivity contribution in [3.63, 3.8) is 0 Å². The lowest BCUT2D eigenvalue weighted by molar-refractivity contribution is -0.130. The fourth-order valence-electron chi connectivity index (χ4n) is 3.39. The van der Waals surface area contributed by atoms with E-state index in [1.165, 1.54) is 12.1 Å². The minimum atomic E-state index is -0.286. The SMILES string of the molecule is O=C(NCc1ccncc1)C1CCC(C(=O)NCc2ccc(F)cc2)CC1. The van der Waals surface area contributed by atoms with Crippen LogP contribution in [0.15, 0.2) is 48.8 Å². The van der Waals surface area contributed by atoms with Gasteiger partial charge in [-0.05, 0) is 61.1 Å². The molecule has 142 valence electrons. The van der Waals surface area contributed by atoms with E-state index in [4.69, 9.17) is 0 Å². The number of pyridine rings is 1. The first-order valence-corrected chi connectivity index (χ1v) is 9.30. The molecule has 0 unspecified atom stereocenters. The monoisotopic (exact) mass is 369 g/mol. The molecule has 1 aromatic carbocycles. The summed E-state index contributed by atoms with van der Waals surface area (Å²) in [5.41, 5.74) is 1.89. The smallest absolute Gasteiger partial charge is 0.223 e. The number of amides is 2. The van der Waals surface area contributed by atoms with Crippen molar-refractivity contribution in [1.82, 2.24) is 15.6 Å². The number of hydrogen-bond acceptors (Lipinski definition) is 3. The molecule has 2 N–H and O–H groups in total. The Labute approximate surface area is 158 Å². The van der Waals surface area contributed by atoms with Crippen molar-refractivity contribution in [2.45, 2.75) is 38.8 Å². The highest BCUT2D eigenvalue weighted by Gasteiger charge is 2.29. The molecular weight excluding hydrogens is 345 g/mol. The Kier molecular flexibility index (Phi) is 6.52. The van der Waals surface area contributed by atoms with Crippen LogP contribution in [0.25, 0.3) is 0 Å². The zero-order valence-electron chi connectivity index (χ0n) is 15.2. The summed E-state index contributed by atoms with van der Waals surface area (Å²) in [7, 11) is 0. The van der Waals surface area contributed by atoms with Crippen LogP contribution in [0.2, 0.25) is 0 Å². The first-order chi connectivity index (χ1) is 13.1. The van der Waals surface area contributed by atoms with E-state index in [-0.39, 0.29) is 29.5 Å². The number of hydrogen-bond donors (Lipinski definition) is 2. The number of carbonyl (C=O) groups excluding carboxylic acids is 2. The van der Waals surface area contributed by atoms with Crippen LogP contribution >= 0.6 is 0 Å². The van der Waals surface area contributed by atoms with Crippen molar-refractivity contribution in [1.29, 1.82) is 0 Å². The van der Waals surface area contributed by atoms with Crippen LogP contribution in [0.4, 0.5) is 4.39 Å². The summed E-state index contributed by atoms with van der Waals surface area (Å²) < 4.78 is 12.9. The molecule has 6 heteroatoms. The molecule has 0 saturated heterocycles. The Balaban J connectivity index is 1.39. The van der Waals surface area contributed by atoms with Gasteiger partial charge in [-0.15, -0.1) is 0 Å². The Morgan fingerprint density at radius 3 is 1.74 bits per heavy atom. The number of halogens is 1. The Bertz CT molecular complexity index is 757. The molecule has 1 aliphatic carbocycles. The standard InChI is InChI=1S/C21H24FN3O2/c22-19-7-1-15(2-8-19)13-24-20(26)17-3-5-18(6-4-17)21(27)25-14-16-9-11-23-12-10-16/h1-2,7-12,17-18H,3-6,13-14H2,(H,24,26)(H,25,27). The molecule has 0 aliphatic heterocycles. The second kappa shape index (κ2) is 9.26. The van der Waals surface area contributed by atoms with Gasteiger partial charge in [-0.2, -0.15) is 0 Å². The lowest BCUT2D eigenvalue weighted by atomic mass is 9.81. The second-order valence-corrected chi connectivity index (χ2v) is 6.97. The average molecular weight is 369 g/mol. The van der Waals surface area contributed by atoms with Gasteiger partial charge in [0.2, 0.25) is 11.8 Å². The minimum Gasteiger partial charge on any atom is -0.352 e. The molecule has 0 spiro atoms. The van der Waals surface area contributed by atoms with E-state index in [9.17, 15) is 14.0 Å². The molecule has 2 aromatic rings. The van der Waals surface area contributed by atoms with Gasteiger partial charge >= 0.3 is 0 Å². The number of aromatic nitrogens is 1. The van der Waals surface area contributed by atoms with Crippen LogP contribution in [-0.2, 0) is 22.7 Å². The largest absolute Gasteiger partial charge is 0.352 e. The zero-order chi connectivity index (χ0) is 19.1. The van der Waals surface area contributed by atoms with E-state index in [1.54, 1.807) is 24.5 Å². The highest BCUT2D eigenvalue weighted by Crippen LogP contribution is 2.29. The summed E-state index contributed by atoms with van der Waals surface area (Å²) >= 11 is 0. The van der Waals surface area contributed by atoms with Crippen molar-refractivity contribution in [2.75, 3.05) is 0 Å². The quantitative estimate of drug-likeness (QED) is 0.822. The van der Waals surface area contributed by atoms with Crippen molar-refractivity contribution >= 4 is 11.8 Å². The fourth-order valence-corrected chi connectivity index (χ4v) is 3.39. The molecule has 0 atom stereocenters. The number of nitrogens with one attached hydrogen (secondary N) is 2. The van der Waals surface area contributed by atoms with Crippen LogP contribution in [-0.4, -0.2) is 16.8 Å². The predicted octanol–water partition coefficient (Wildman–Crippen LogP) is 2.96. The Morgan fingerprint density at radius 2 is 1.26 bits per heavy atom. The van der Waals surface area contributed by atoms with Gasteiger partial charge in [0.05, 0.1) is 0 Å².